The van der Waals surface area contributed by atoms with Gasteiger partial charge in [-0.3, -0.25) is 9.59 Å². The Bertz CT molecular complexity index is 924. The van der Waals surface area contributed by atoms with Crippen LogP contribution in [0.25, 0.3) is 0 Å². The number of thiocarbonyl (C=S) groups is 1. The van der Waals surface area contributed by atoms with Crippen LogP contribution in [0.5, 0.6) is 0 Å². The number of hydrogen-bond donors (Lipinski definition) is 1. The maximum absolute atomic E-state index is 14.1. The first kappa shape index (κ1) is 30.4. The lowest BCUT2D eigenvalue weighted by molar-refractivity contribution is -0.168. The molecule has 194 valence electrons. The molecule has 0 aliphatic heterocycles. The van der Waals surface area contributed by atoms with E-state index in [-0.39, 0.29) is 49.0 Å². The average molecular weight is 534 g/mol. The highest BCUT2D eigenvalue weighted by atomic mass is 32.2. The molecular weight excluding hydrogens is 504 g/mol. The van der Waals surface area contributed by atoms with Crippen LogP contribution >= 0.6 is 24.0 Å². The number of hydrogen-bond acceptors (Lipinski definition) is 9. The van der Waals surface area contributed by atoms with Gasteiger partial charge >= 0.3 is 11.9 Å². The van der Waals surface area contributed by atoms with Crippen LogP contribution in [0.3, 0.4) is 0 Å². The lowest BCUT2D eigenvalue weighted by atomic mass is 9.90. The van der Waals surface area contributed by atoms with Crippen LogP contribution in [0.15, 0.2) is 18.2 Å². The van der Waals surface area contributed by atoms with E-state index in [0.717, 1.165) is 30.8 Å². The molecule has 1 unspecified atom stereocenters. The van der Waals surface area contributed by atoms with Gasteiger partial charge in [-0.1, -0.05) is 11.8 Å². The molecule has 35 heavy (non-hydrogen) atoms. The molecule has 1 aromatic rings. The second-order valence-corrected chi connectivity index (χ2v) is 9.14. The predicted molar refractivity (Wildman–Crippen MR) is 130 cm³/mol. The second kappa shape index (κ2) is 14.7. The first-order valence-corrected chi connectivity index (χ1v) is 12.2. The molecule has 1 atom stereocenters. The van der Waals surface area contributed by atoms with Gasteiger partial charge in [-0.05, 0) is 51.5 Å². The van der Waals surface area contributed by atoms with E-state index in [9.17, 15) is 28.0 Å². The number of nitrogens with one attached hydrogen (secondary N) is 1. The number of ether oxygens (including phenoxy) is 3. The molecule has 0 spiro atoms. The molecule has 0 heterocycles. The van der Waals surface area contributed by atoms with Gasteiger partial charge in [0.2, 0.25) is 15.8 Å². The summed E-state index contributed by atoms with van der Waals surface area (Å²) < 4.78 is 42.8. The standard InChI is InChI=1S/C23H29F2NO7S2/c1-5-31-20(29)23(26-14(4)27,21(30)32-6-2)13-16(35-22(34)33-7-3)9-11-19(28)17-10-8-15(24)12-18(17)25/h8,10,12,16H,5-7,9,11,13H2,1-4H3,(H,26,27). The van der Waals surface area contributed by atoms with Crippen LogP contribution in [0.1, 0.15) is 57.3 Å². The minimum Gasteiger partial charge on any atom is -0.479 e. The highest BCUT2D eigenvalue weighted by molar-refractivity contribution is 8.23. The molecule has 8 nitrogen and oxygen atoms in total. The first-order valence-electron chi connectivity index (χ1n) is 10.9. The van der Waals surface area contributed by atoms with E-state index in [2.05, 4.69) is 5.32 Å². The van der Waals surface area contributed by atoms with Crippen molar-refractivity contribution in [3.05, 3.63) is 35.4 Å². The number of esters is 2. The van der Waals surface area contributed by atoms with E-state index in [1.165, 1.54) is 13.8 Å². The number of thioether (sulfide) groups is 1. The summed E-state index contributed by atoms with van der Waals surface area (Å²) in [6.45, 7) is 6.02. The third-order valence-electron chi connectivity index (χ3n) is 4.62. The van der Waals surface area contributed by atoms with Crippen LogP contribution in [0.4, 0.5) is 8.78 Å². The molecule has 12 heteroatoms. The third-order valence-corrected chi connectivity index (χ3v) is 6.07. The minimum atomic E-state index is -2.21. The lowest BCUT2D eigenvalue weighted by Crippen LogP contribution is -2.62. The average Bonchev–Trinajstić information content (AvgIpc) is 2.76. The monoisotopic (exact) mass is 533 g/mol. The quantitative estimate of drug-likeness (QED) is 0.176. The lowest BCUT2D eigenvalue weighted by Gasteiger charge is -2.32. The van der Waals surface area contributed by atoms with Gasteiger partial charge < -0.3 is 19.5 Å². The van der Waals surface area contributed by atoms with Crippen molar-refractivity contribution in [3.8, 4) is 0 Å². The third kappa shape index (κ3) is 9.17. The molecule has 0 aliphatic carbocycles. The summed E-state index contributed by atoms with van der Waals surface area (Å²) in [6, 6.07) is 2.61. The molecule has 0 radical (unpaired) electrons. The molecule has 1 aromatic carbocycles. The number of rotatable bonds is 13. The van der Waals surface area contributed by atoms with Gasteiger partial charge in [0.15, 0.2) is 5.78 Å². The van der Waals surface area contributed by atoms with Crippen molar-refractivity contribution in [3.63, 3.8) is 0 Å². The van der Waals surface area contributed by atoms with E-state index < -0.39 is 46.1 Å². The Morgan fingerprint density at radius 1 is 1.03 bits per heavy atom. The largest absolute Gasteiger partial charge is 0.479 e. The van der Waals surface area contributed by atoms with Crippen LogP contribution in [0, 0.1) is 11.6 Å². The number of amides is 1. The van der Waals surface area contributed by atoms with Crippen molar-refractivity contribution < 1.29 is 42.2 Å². The van der Waals surface area contributed by atoms with E-state index >= 15 is 0 Å². The van der Waals surface area contributed by atoms with Gasteiger partial charge in [0.25, 0.3) is 0 Å². The van der Waals surface area contributed by atoms with Crippen molar-refractivity contribution in [2.75, 3.05) is 19.8 Å². The van der Waals surface area contributed by atoms with Gasteiger partial charge in [0, 0.05) is 31.1 Å². The summed E-state index contributed by atoms with van der Waals surface area (Å²) >= 11 is 6.16. The highest BCUT2D eigenvalue weighted by Gasteiger charge is 2.51. The first-order chi connectivity index (χ1) is 16.5. The summed E-state index contributed by atoms with van der Waals surface area (Å²) in [4.78, 5) is 50.5. The van der Waals surface area contributed by atoms with Gasteiger partial charge in [-0.15, -0.1) is 0 Å². The number of carbonyl (C=O) groups excluding carboxylic acids is 4. The van der Waals surface area contributed by atoms with E-state index in [0.29, 0.717) is 6.07 Å². The van der Waals surface area contributed by atoms with Crippen molar-refractivity contribution in [1.29, 1.82) is 0 Å². The zero-order valence-electron chi connectivity index (χ0n) is 20.0. The van der Waals surface area contributed by atoms with E-state index in [1.807, 2.05) is 0 Å². The van der Waals surface area contributed by atoms with Crippen LogP contribution in [-0.4, -0.2) is 58.6 Å². The predicted octanol–water partition coefficient (Wildman–Crippen LogP) is 3.74. The van der Waals surface area contributed by atoms with Crippen molar-refractivity contribution in [1.82, 2.24) is 5.32 Å². The summed E-state index contributed by atoms with van der Waals surface area (Å²) in [5, 5.41) is 1.63. The van der Waals surface area contributed by atoms with Crippen molar-refractivity contribution in [2.45, 2.75) is 57.7 Å². The van der Waals surface area contributed by atoms with Crippen LogP contribution < -0.4 is 5.32 Å². The normalized spacial score (nSPS) is 11.8. The zero-order valence-corrected chi connectivity index (χ0v) is 21.6. The second-order valence-electron chi connectivity index (χ2n) is 7.24. The Kier molecular flexibility index (Phi) is 12.8. The van der Waals surface area contributed by atoms with Gasteiger partial charge in [-0.2, -0.15) is 0 Å². The summed E-state index contributed by atoms with van der Waals surface area (Å²) in [6.07, 6.45) is -0.564. The van der Waals surface area contributed by atoms with Gasteiger partial charge in [0.05, 0.1) is 25.4 Å². The summed E-state index contributed by atoms with van der Waals surface area (Å²) in [7, 11) is 0. The molecule has 0 saturated heterocycles. The zero-order chi connectivity index (χ0) is 26.6. The molecular formula is C23H29F2NO7S2. The fourth-order valence-electron chi connectivity index (χ4n) is 3.19. The maximum Gasteiger partial charge on any atom is 0.343 e. The SMILES string of the molecule is CCOC(=O)C(CC(CCC(=O)c1ccc(F)cc1F)SC(=S)OCC)(NC(C)=O)C(=O)OCC. The maximum atomic E-state index is 14.1. The fraction of sp³-hybridized carbons (Fsp3) is 0.522. The fourth-order valence-corrected chi connectivity index (χ4v) is 4.74. The number of benzene rings is 1. The van der Waals surface area contributed by atoms with Crippen LogP contribution in [0.2, 0.25) is 0 Å². The Labute approximate surface area is 212 Å². The molecule has 0 fully saturated rings. The number of carbonyl (C=O) groups is 4. The molecule has 1 rings (SSSR count). The smallest absolute Gasteiger partial charge is 0.343 e. The van der Waals surface area contributed by atoms with E-state index in [1.54, 1.807) is 6.92 Å². The van der Waals surface area contributed by atoms with Crippen LogP contribution in [-0.2, 0) is 28.6 Å². The summed E-state index contributed by atoms with van der Waals surface area (Å²) in [5.74, 6) is -5.19. The Morgan fingerprint density at radius 3 is 2.09 bits per heavy atom. The molecule has 0 aromatic heterocycles. The Hall–Kier alpha value is -2.60. The molecule has 0 saturated carbocycles. The minimum absolute atomic E-state index is 0.00761. The molecule has 1 N–H and O–H groups in total. The molecule has 0 bridgehead atoms. The topological polar surface area (TPSA) is 108 Å². The Balaban J connectivity index is 3.31. The number of halogens is 2. The summed E-state index contributed by atoms with van der Waals surface area (Å²) in [5.41, 5.74) is -2.51. The van der Waals surface area contributed by atoms with E-state index in [4.69, 9.17) is 26.4 Å². The number of ketones is 1. The van der Waals surface area contributed by atoms with Crippen molar-refractivity contribution >= 4 is 52.0 Å². The van der Waals surface area contributed by atoms with Gasteiger partial charge in [-0.25, -0.2) is 18.4 Å². The Morgan fingerprint density at radius 2 is 1.60 bits per heavy atom. The van der Waals surface area contributed by atoms with Gasteiger partial charge in [0.1, 0.15) is 11.6 Å². The molecule has 0 aliphatic rings. The molecule has 1 amide bonds. The number of Topliss-reactive ketones (excluding diaryl/α,β-unsaturated/α-hetero) is 1. The van der Waals surface area contributed by atoms with Crippen molar-refractivity contribution in [2.24, 2.45) is 0 Å². The highest BCUT2D eigenvalue weighted by Crippen LogP contribution is 2.31.